The molecule has 0 aromatic carbocycles. The molecule has 0 unspecified atom stereocenters. The fraction of sp³-hybridized carbons (Fsp3) is 0.688. The van der Waals surface area contributed by atoms with Crippen molar-refractivity contribution in [3.8, 4) is 5.88 Å². The molecule has 0 aliphatic carbocycles. The molecule has 114 valence electrons. The van der Waals surface area contributed by atoms with Gasteiger partial charge in [-0.3, -0.25) is 0 Å². The van der Waals surface area contributed by atoms with Crippen molar-refractivity contribution in [2.45, 2.75) is 46.6 Å². The second-order valence-electron chi connectivity index (χ2n) is 4.75. The lowest BCUT2D eigenvalue weighted by atomic mass is 10.2. The van der Waals surface area contributed by atoms with Crippen LogP contribution in [-0.2, 0) is 17.7 Å². The Labute approximate surface area is 122 Å². The van der Waals surface area contributed by atoms with Crippen molar-refractivity contribution in [3.63, 3.8) is 0 Å². The van der Waals surface area contributed by atoms with Gasteiger partial charge in [0.2, 0.25) is 5.88 Å². The van der Waals surface area contributed by atoms with Crippen molar-refractivity contribution in [3.05, 3.63) is 23.4 Å². The predicted molar refractivity (Wildman–Crippen MR) is 82.2 cm³/mol. The van der Waals surface area contributed by atoms with E-state index in [-0.39, 0.29) is 0 Å². The molecule has 0 bridgehead atoms. The van der Waals surface area contributed by atoms with Crippen LogP contribution in [0.3, 0.4) is 0 Å². The second kappa shape index (κ2) is 10.6. The quantitative estimate of drug-likeness (QED) is 0.633. The highest BCUT2D eigenvalue weighted by molar-refractivity contribution is 5.25. The molecule has 20 heavy (non-hydrogen) atoms. The molecular weight excluding hydrogens is 252 g/mol. The molecule has 0 saturated heterocycles. The highest BCUT2D eigenvalue weighted by atomic mass is 16.5. The molecule has 0 aliphatic heterocycles. The van der Waals surface area contributed by atoms with Crippen molar-refractivity contribution in [2.24, 2.45) is 0 Å². The Bertz CT molecular complexity index is 369. The van der Waals surface area contributed by atoms with E-state index in [2.05, 4.69) is 37.1 Å². The van der Waals surface area contributed by atoms with E-state index in [0.29, 0.717) is 19.1 Å². The average molecular weight is 280 g/mol. The normalized spacial score (nSPS) is 10.8. The first-order valence-corrected chi connectivity index (χ1v) is 7.71. The Hall–Kier alpha value is -1.13. The van der Waals surface area contributed by atoms with E-state index in [4.69, 9.17) is 9.47 Å². The van der Waals surface area contributed by atoms with Gasteiger partial charge < -0.3 is 14.8 Å². The van der Waals surface area contributed by atoms with E-state index in [1.165, 1.54) is 5.56 Å². The van der Waals surface area contributed by atoms with Crippen molar-refractivity contribution in [1.82, 2.24) is 10.3 Å². The first kappa shape index (κ1) is 16.9. The standard InChI is InChI=1S/C16H28N2O2/c1-4-7-8-19-9-10-20-16-12-14(13-17-6-3)11-15(5-2)18-16/h11-12,17H,4-10,13H2,1-3H3. The molecule has 0 saturated carbocycles. The van der Waals surface area contributed by atoms with Crippen molar-refractivity contribution < 1.29 is 9.47 Å². The number of nitrogens with zero attached hydrogens (tertiary/aromatic N) is 1. The topological polar surface area (TPSA) is 43.4 Å². The minimum absolute atomic E-state index is 0.560. The van der Waals surface area contributed by atoms with Crippen LogP contribution in [0.2, 0.25) is 0 Å². The minimum atomic E-state index is 0.560. The molecule has 4 nitrogen and oxygen atoms in total. The molecule has 0 atom stereocenters. The third kappa shape index (κ3) is 6.87. The maximum absolute atomic E-state index is 5.69. The molecule has 1 heterocycles. The van der Waals surface area contributed by atoms with E-state index in [0.717, 1.165) is 44.7 Å². The smallest absolute Gasteiger partial charge is 0.213 e. The number of unbranched alkanes of at least 4 members (excludes halogenated alkanes) is 1. The molecule has 1 N–H and O–H groups in total. The Morgan fingerprint density at radius 3 is 2.65 bits per heavy atom. The summed E-state index contributed by atoms with van der Waals surface area (Å²) in [6, 6.07) is 4.14. The predicted octanol–water partition coefficient (Wildman–Crippen LogP) is 2.95. The van der Waals surface area contributed by atoms with Gasteiger partial charge in [0, 0.05) is 24.9 Å². The summed E-state index contributed by atoms with van der Waals surface area (Å²) in [6.07, 6.45) is 3.19. The number of nitrogens with one attached hydrogen (secondary N) is 1. The Balaban J connectivity index is 2.42. The van der Waals surface area contributed by atoms with Crippen LogP contribution in [0.15, 0.2) is 12.1 Å². The number of ether oxygens (including phenoxy) is 2. The number of aromatic nitrogens is 1. The van der Waals surface area contributed by atoms with Gasteiger partial charge in [0.25, 0.3) is 0 Å². The van der Waals surface area contributed by atoms with Crippen LogP contribution >= 0.6 is 0 Å². The van der Waals surface area contributed by atoms with Gasteiger partial charge in [-0.25, -0.2) is 4.98 Å². The second-order valence-corrected chi connectivity index (χ2v) is 4.75. The lowest BCUT2D eigenvalue weighted by molar-refractivity contribution is 0.0964. The summed E-state index contributed by atoms with van der Waals surface area (Å²) in [5, 5.41) is 3.33. The van der Waals surface area contributed by atoms with Crippen LogP contribution in [-0.4, -0.2) is 31.3 Å². The lowest BCUT2D eigenvalue weighted by Gasteiger charge is -2.10. The third-order valence-corrected chi connectivity index (χ3v) is 2.98. The fourth-order valence-electron chi connectivity index (χ4n) is 1.80. The molecule has 4 heteroatoms. The van der Waals surface area contributed by atoms with Gasteiger partial charge in [-0.2, -0.15) is 0 Å². The molecule has 0 spiro atoms. The average Bonchev–Trinajstić information content (AvgIpc) is 2.48. The van der Waals surface area contributed by atoms with E-state index in [9.17, 15) is 0 Å². The lowest BCUT2D eigenvalue weighted by Crippen LogP contribution is -2.13. The largest absolute Gasteiger partial charge is 0.475 e. The highest BCUT2D eigenvalue weighted by Gasteiger charge is 2.03. The minimum Gasteiger partial charge on any atom is -0.475 e. The van der Waals surface area contributed by atoms with Gasteiger partial charge in [-0.15, -0.1) is 0 Å². The van der Waals surface area contributed by atoms with Crippen LogP contribution in [0.1, 0.15) is 44.9 Å². The van der Waals surface area contributed by atoms with Crippen molar-refractivity contribution in [1.29, 1.82) is 0 Å². The maximum Gasteiger partial charge on any atom is 0.213 e. The fourth-order valence-corrected chi connectivity index (χ4v) is 1.80. The molecular formula is C16H28N2O2. The summed E-state index contributed by atoms with van der Waals surface area (Å²) in [5.74, 6) is 0.705. The zero-order chi connectivity index (χ0) is 14.6. The highest BCUT2D eigenvalue weighted by Crippen LogP contribution is 2.13. The summed E-state index contributed by atoms with van der Waals surface area (Å²) < 4.78 is 11.2. The van der Waals surface area contributed by atoms with E-state index >= 15 is 0 Å². The van der Waals surface area contributed by atoms with Gasteiger partial charge in [0.15, 0.2) is 0 Å². The molecule has 0 fully saturated rings. The first-order valence-electron chi connectivity index (χ1n) is 7.71. The van der Waals surface area contributed by atoms with Gasteiger partial charge >= 0.3 is 0 Å². The van der Waals surface area contributed by atoms with E-state index < -0.39 is 0 Å². The van der Waals surface area contributed by atoms with Crippen LogP contribution in [0.4, 0.5) is 0 Å². The van der Waals surface area contributed by atoms with Gasteiger partial charge in [0.1, 0.15) is 6.61 Å². The number of pyridine rings is 1. The zero-order valence-electron chi connectivity index (χ0n) is 13.1. The molecule has 1 aromatic heterocycles. The first-order chi connectivity index (χ1) is 9.80. The van der Waals surface area contributed by atoms with Gasteiger partial charge in [0.05, 0.1) is 6.61 Å². The van der Waals surface area contributed by atoms with Gasteiger partial charge in [-0.1, -0.05) is 27.2 Å². The number of hydrogen-bond donors (Lipinski definition) is 1. The van der Waals surface area contributed by atoms with Crippen LogP contribution in [0, 0.1) is 0 Å². The van der Waals surface area contributed by atoms with E-state index in [1.54, 1.807) is 0 Å². The van der Waals surface area contributed by atoms with E-state index in [1.807, 2.05) is 6.07 Å². The number of rotatable bonds is 11. The third-order valence-electron chi connectivity index (χ3n) is 2.98. The Morgan fingerprint density at radius 1 is 1.10 bits per heavy atom. The molecule has 0 radical (unpaired) electrons. The molecule has 0 aliphatic rings. The van der Waals surface area contributed by atoms with Gasteiger partial charge in [-0.05, 0) is 31.0 Å². The monoisotopic (exact) mass is 280 g/mol. The number of aryl methyl sites for hydroxylation is 1. The maximum atomic E-state index is 5.69. The molecule has 1 rings (SSSR count). The number of hydrogen-bond acceptors (Lipinski definition) is 4. The Morgan fingerprint density at radius 2 is 1.95 bits per heavy atom. The van der Waals surface area contributed by atoms with Crippen LogP contribution in [0.5, 0.6) is 5.88 Å². The van der Waals surface area contributed by atoms with Crippen molar-refractivity contribution in [2.75, 3.05) is 26.4 Å². The summed E-state index contributed by atoms with van der Waals surface area (Å²) in [6.45, 7) is 10.2. The summed E-state index contributed by atoms with van der Waals surface area (Å²) in [4.78, 5) is 4.49. The molecule has 0 amide bonds. The summed E-state index contributed by atoms with van der Waals surface area (Å²) in [7, 11) is 0. The Kier molecular flexibility index (Phi) is 9.00. The summed E-state index contributed by atoms with van der Waals surface area (Å²) >= 11 is 0. The van der Waals surface area contributed by atoms with Crippen LogP contribution in [0.25, 0.3) is 0 Å². The summed E-state index contributed by atoms with van der Waals surface area (Å²) in [5.41, 5.74) is 2.29. The van der Waals surface area contributed by atoms with Crippen LogP contribution < -0.4 is 10.1 Å². The van der Waals surface area contributed by atoms with Crippen molar-refractivity contribution >= 4 is 0 Å². The molecule has 1 aromatic rings. The zero-order valence-corrected chi connectivity index (χ0v) is 13.1. The SMILES string of the molecule is CCCCOCCOc1cc(CNCC)cc(CC)n1.